The van der Waals surface area contributed by atoms with Gasteiger partial charge in [-0.1, -0.05) is 6.92 Å². The van der Waals surface area contributed by atoms with Gasteiger partial charge in [-0.3, -0.25) is 4.79 Å². The minimum absolute atomic E-state index is 0.0460. The van der Waals surface area contributed by atoms with Gasteiger partial charge in [0.2, 0.25) is 0 Å². The Balaban J connectivity index is 2.25. The third kappa shape index (κ3) is 3.08. The van der Waals surface area contributed by atoms with Gasteiger partial charge >= 0.3 is 0 Å². The standard InChI is InChI=1S/C15H20BrNO3/c1-10-4-6-17(7-5-10)15(18)11-8-13(19-2)14(20-3)9-12(11)16/h8-10H,4-7H2,1-3H3. The Hall–Kier alpha value is -1.23. The molecule has 0 spiro atoms. The fourth-order valence-electron chi connectivity index (χ4n) is 2.40. The Morgan fingerprint density at radius 2 is 1.75 bits per heavy atom. The molecular weight excluding hydrogens is 322 g/mol. The van der Waals surface area contributed by atoms with Crippen LogP contribution in [-0.2, 0) is 0 Å². The van der Waals surface area contributed by atoms with E-state index in [4.69, 9.17) is 9.47 Å². The number of rotatable bonds is 3. The molecule has 1 heterocycles. The van der Waals surface area contributed by atoms with Gasteiger partial charge in [0.05, 0.1) is 19.8 Å². The summed E-state index contributed by atoms with van der Waals surface area (Å²) in [7, 11) is 3.15. The topological polar surface area (TPSA) is 38.8 Å². The van der Waals surface area contributed by atoms with Crippen LogP contribution >= 0.6 is 15.9 Å². The van der Waals surface area contributed by atoms with E-state index in [1.165, 1.54) is 0 Å². The highest BCUT2D eigenvalue weighted by Gasteiger charge is 2.24. The maximum Gasteiger partial charge on any atom is 0.255 e. The van der Waals surface area contributed by atoms with Crippen LogP contribution in [0, 0.1) is 5.92 Å². The van der Waals surface area contributed by atoms with E-state index in [2.05, 4.69) is 22.9 Å². The van der Waals surface area contributed by atoms with Crippen LogP contribution in [0.4, 0.5) is 0 Å². The van der Waals surface area contributed by atoms with Crippen molar-refractivity contribution in [2.24, 2.45) is 5.92 Å². The number of nitrogens with zero attached hydrogens (tertiary/aromatic N) is 1. The Morgan fingerprint density at radius 1 is 1.20 bits per heavy atom. The molecule has 1 aliphatic heterocycles. The van der Waals surface area contributed by atoms with E-state index in [0.717, 1.165) is 30.4 Å². The van der Waals surface area contributed by atoms with Crippen LogP contribution in [0.25, 0.3) is 0 Å². The van der Waals surface area contributed by atoms with Crippen LogP contribution in [0.1, 0.15) is 30.1 Å². The van der Waals surface area contributed by atoms with Crippen LogP contribution in [0.5, 0.6) is 11.5 Å². The first-order chi connectivity index (χ1) is 9.56. The summed E-state index contributed by atoms with van der Waals surface area (Å²) < 4.78 is 11.2. The van der Waals surface area contributed by atoms with E-state index in [9.17, 15) is 4.79 Å². The van der Waals surface area contributed by atoms with Crippen molar-refractivity contribution >= 4 is 21.8 Å². The molecule has 1 aromatic rings. The summed E-state index contributed by atoms with van der Waals surface area (Å²) in [5.74, 6) is 1.94. The molecule has 0 radical (unpaired) electrons. The molecule has 0 aliphatic carbocycles. The second-order valence-electron chi connectivity index (χ2n) is 5.16. The molecular formula is C15H20BrNO3. The summed E-state index contributed by atoms with van der Waals surface area (Å²) >= 11 is 3.45. The molecule has 5 heteroatoms. The number of amides is 1. The maximum atomic E-state index is 12.6. The minimum atomic E-state index is 0.0460. The molecule has 0 saturated carbocycles. The first-order valence-corrected chi connectivity index (χ1v) is 7.57. The van der Waals surface area contributed by atoms with Crippen LogP contribution in [0.2, 0.25) is 0 Å². The highest BCUT2D eigenvalue weighted by atomic mass is 79.9. The molecule has 1 amide bonds. The van der Waals surface area contributed by atoms with Crippen molar-refractivity contribution < 1.29 is 14.3 Å². The highest BCUT2D eigenvalue weighted by Crippen LogP contribution is 2.34. The maximum absolute atomic E-state index is 12.6. The first kappa shape index (κ1) is 15.2. The number of piperidine rings is 1. The van der Waals surface area contributed by atoms with Crippen LogP contribution < -0.4 is 9.47 Å². The molecule has 1 saturated heterocycles. The van der Waals surface area contributed by atoms with E-state index < -0.39 is 0 Å². The van der Waals surface area contributed by atoms with Crippen LogP contribution in [0.15, 0.2) is 16.6 Å². The second kappa shape index (κ2) is 6.48. The summed E-state index contributed by atoms with van der Waals surface area (Å²) in [6, 6.07) is 3.52. The first-order valence-electron chi connectivity index (χ1n) is 6.77. The lowest BCUT2D eigenvalue weighted by Gasteiger charge is -2.30. The van der Waals surface area contributed by atoms with Gasteiger partial charge in [0.1, 0.15) is 0 Å². The van der Waals surface area contributed by atoms with Gasteiger partial charge in [0.15, 0.2) is 11.5 Å². The number of hydrogen-bond acceptors (Lipinski definition) is 3. The molecule has 0 aromatic heterocycles. The Kier molecular flexibility index (Phi) is 4.91. The van der Waals surface area contributed by atoms with Gasteiger partial charge in [-0.2, -0.15) is 0 Å². The second-order valence-corrected chi connectivity index (χ2v) is 6.02. The van der Waals surface area contributed by atoms with Crippen molar-refractivity contribution in [3.8, 4) is 11.5 Å². The van der Waals surface area contributed by atoms with Crippen molar-refractivity contribution in [2.75, 3.05) is 27.3 Å². The van der Waals surface area contributed by atoms with Crippen molar-refractivity contribution in [2.45, 2.75) is 19.8 Å². The largest absolute Gasteiger partial charge is 0.493 e. The monoisotopic (exact) mass is 341 g/mol. The van der Waals surface area contributed by atoms with Gasteiger partial charge < -0.3 is 14.4 Å². The molecule has 0 N–H and O–H groups in total. The smallest absolute Gasteiger partial charge is 0.255 e. The molecule has 4 nitrogen and oxygen atoms in total. The number of carbonyl (C=O) groups excluding carboxylic acids is 1. The zero-order valence-corrected chi connectivity index (χ0v) is 13.7. The highest BCUT2D eigenvalue weighted by molar-refractivity contribution is 9.10. The Morgan fingerprint density at radius 3 is 2.30 bits per heavy atom. The Labute approximate surface area is 128 Å². The number of methoxy groups -OCH3 is 2. The number of halogens is 1. The third-order valence-electron chi connectivity index (χ3n) is 3.77. The summed E-state index contributed by atoms with van der Waals surface area (Å²) in [5, 5.41) is 0. The van der Waals surface area contributed by atoms with Crippen molar-refractivity contribution in [3.63, 3.8) is 0 Å². The van der Waals surface area contributed by atoms with Crippen LogP contribution in [-0.4, -0.2) is 38.1 Å². The SMILES string of the molecule is COc1cc(Br)c(C(=O)N2CCC(C)CC2)cc1OC. The van der Waals surface area contributed by atoms with Gasteiger partial charge in [0.25, 0.3) is 5.91 Å². The molecule has 0 bridgehead atoms. The molecule has 1 aromatic carbocycles. The number of ether oxygens (including phenoxy) is 2. The fourth-order valence-corrected chi connectivity index (χ4v) is 2.89. The van der Waals surface area contributed by atoms with Gasteiger partial charge in [-0.05, 0) is 46.8 Å². The van der Waals surface area contributed by atoms with Crippen molar-refractivity contribution in [1.29, 1.82) is 0 Å². The molecule has 1 fully saturated rings. The lowest BCUT2D eigenvalue weighted by Crippen LogP contribution is -2.38. The lowest BCUT2D eigenvalue weighted by atomic mass is 9.98. The summed E-state index contributed by atoms with van der Waals surface area (Å²) in [6.07, 6.45) is 2.13. The normalized spacial score (nSPS) is 16.1. The zero-order chi connectivity index (χ0) is 14.7. The van der Waals surface area contributed by atoms with Gasteiger partial charge in [-0.25, -0.2) is 0 Å². The van der Waals surface area contributed by atoms with E-state index in [1.54, 1.807) is 26.4 Å². The summed E-state index contributed by atoms with van der Waals surface area (Å²) in [5.41, 5.74) is 0.622. The quantitative estimate of drug-likeness (QED) is 0.846. The van der Waals surface area contributed by atoms with E-state index >= 15 is 0 Å². The molecule has 2 rings (SSSR count). The van der Waals surface area contributed by atoms with E-state index in [-0.39, 0.29) is 5.91 Å². The number of hydrogen-bond donors (Lipinski definition) is 0. The summed E-state index contributed by atoms with van der Waals surface area (Å²) in [4.78, 5) is 14.5. The average Bonchev–Trinajstić information content (AvgIpc) is 2.47. The molecule has 20 heavy (non-hydrogen) atoms. The predicted molar refractivity (Wildman–Crippen MR) is 81.5 cm³/mol. The molecule has 110 valence electrons. The fraction of sp³-hybridized carbons (Fsp3) is 0.533. The number of carbonyl (C=O) groups is 1. The Bertz CT molecular complexity index is 496. The lowest BCUT2D eigenvalue weighted by molar-refractivity contribution is 0.0696. The van der Waals surface area contributed by atoms with E-state index in [1.807, 2.05) is 4.90 Å². The van der Waals surface area contributed by atoms with Crippen molar-refractivity contribution in [1.82, 2.24) is 4.90 Å². The zero-order valence-electron chi connectivity index (χ0n) is 12.1. The van der Waals surface area contributed by atoms with Gasteiger partial charge in [0, 0.05) is 17.6 Å². The van der Waals surface area contributed by atoms with Crippen LogP contribution in [0.3, 0.4) is 0 Å². The minimum Gasteiger partial charge on any atom is -0.493 e. The van der Waals surface area contributed by atoms with Gasteiger partial charge in [-0.15, -0.1) is 0 Å². The molecule has 1 aliphatic rings. The number of likely N-dealkylation sites (tertiary alicyclic amines) is 1. The predicted octanol–water partition coefficient (Wildman–Crippen LogP) is 3.34. The van der Waals surface area contributed by atoms with E-state index in [0.29, 0.717) is 23.0 Å². The molecule has 0 unspecified atom stereocenters. The summed E-state index contributed by atoms with van der Waals surface area (Å²) in [6.45, 7) is 3.87. The third-order valence-corrected chi connectivity index (χ3v) is 4.43. The average molecular weight is 342 g/mol. The number of benzene rings is 1. The molecule has 0 atom stereocenters. The van der Waals surface area contributed by atoms with Crippen molar-refractivity contribution in [3.05, 3.63) is 22.2 Å².